The van der Waals surface area contributed by atoms with Crippen molar-refractivity contribution in [1.29, 1.82) is 0 Å². The number of aromatic nitrogens is 2. The van der Waals surface area contributed by atoms with Gasteiger partial charge in [-0.2, -0.15) is 0 Å². The van der Waals surface area contributed by atoms with Gasteiger partial charge >= 0.3 is 6.03 Å². The summed E-state index contributed by atoms with van der Waals surface area (Å²) >= 11 is 7.67. The number of anilines is 1. The van der Waals surface area contributed by atoms with Crippen molar-refractivity contribution in [3.05, 3.63) is 47.5 Å². The third-order valence-electron chi connectivity index (χ3n) is 2.85. The van der Waals surface area contributed by atoms with Crippen molar-refractivity contribution in [3.63, 3.8) is 0 Å². The highest BCUT2D eigenvalue weighted by molar-refractivity contribution is 7.99. The minimum atomic E-state index is -0.217. The van der Waals surface area contributed by atoms with Crippen LogP contribution in [0.4, 0.5) is 10.5 Å². The van der Waals surface area contributed by atoms with Gasteiger partial charge in [0, 0.05) is 29.4 Å². The van der Waals surface area contributed by atoms with Crippen LogP contribution >= 0.6 is 23.4 Å². The number of amides is 2. The highest BCUT2D eigenvalue weighted by Crippen LogP contribution is 2.30. The van der Waals surface area contributed by atoms with Crippen LogP contribution in [0.25, 0.3) is 0 Å². The van der Waals surface area contributed by atoms with E-state index < -0.39 is 0 Å². The lowest BCUT2D eigenvalue weighted by atomic mass is 10.3. The average molecular weight is 337 g/mol. The number of nitrogens with one attached hydrogen (secondary N) is 1. The van der Waals surface area contributed by atoms with Gasteiger partial charge < -0.3 is 10.2 Å². The lowest BCUT2D eigenvalue weighted by molar-refractivity contribution is 0.220. The fourth-order valence-electron chi connectivity index (χ4n) is 1.82. The molecular weight excluding hydrogens is 320 g/mol. The predicted octanol–water partition coefficient (Wildman–Crippen LogP) is 3.91. The molecule has 0 aliphatic carbocycles. The molecule has 7 heteroatoms. The fourth-order valence-corrected chi connectivity index (χ4v) is 2.73. The molecule has 1 aromatic carbocycles. The summed E-state index contributed by atoms with van der Waals surface area (Å²) in [7, 11) is 1.71. The fraction of sp³-hybridized carbons (Fsp3) is 0.267. The summed E-state index contributed by atoms with van der Waals surface area (Å²) in [5.74, 6) is 0.917. The van der Waals surface area contributed by atoms with Gasteiger partial charge in [-0.15, -0.1) is 11.8 Å². The Hall–Kier alpha value is -1.79. The maximum atomic E-state index is 12.3. The average Bonchev–Trinajstić information content (AvgIpc) is 2.51. The normalized spacial score (nSPS) is 10.3. The lowest BCUT2D eigenvalue weighted by Gasteiger charge is -2.18. The number of halogens is 1. The van der Waals surface area contributed by atoms with E-state index in [2.05, 4.69) is 22.2 Å². The second-order valence-electron chi connectivity index (χ2n) is 4.56. The van der Waals surface area contributed by atoms with E-state index in [1.165, 1.54) is 0 Å². The molecule has 1 heterocycles. The van der Waals surface area contributed by atoms with Crippen molar-refractivity contribution in [2.24, 2.45) is 0 Å². The summed E-state index contributed by atoms with van der Waals surface area (Å²) in [6.07, 6.45) is 4.85. The Morgan fingerprint density at radius 2 is 2.23 bits per heavy atom. The number of hydrogen-bond donors (Lipinski definition) is 1. The Balaban J connectivity index is 2.06. The first-order valence-corrected chi connectivity index (χ1v) is 8.16. The molecule has 0 aliphatic heterocycles. The molecule has 0 unspecified atom stereocenters. The van der Waals surface area contributed by atoms with Gasteiger partial charge in [0.05, 0.1) is 24.1 Å². The van der Waals surface area contributed by atoms with Gasteiger partial charge in [0.25, 0.3) is 0 Å². The van der Waals surface area contributed by atoms with Crippen LogP contribution < -0.4 is 5.32 Å². The number of carbonyl (C=O) groups excluding carboxylic acids is 1. The summed E-state index contributed by atoms with van der Waals surface area (Å²) in [5, 5.41) is 3.48. The van der Waals surface area contributed by atoms with Gasteiger partial charge in [-0.05, 0) is 24.0 Å². The van der Waals surface area contributed by atoms with E-state index in [1.54, 1.807) is 48.4 Å². The largest absolute Gasteiger partial charge is 0.322 e. The molecule has 5 nitrogen and oxygen atoms in total. The zero-order valence-corrected chi connectivity index (χ0v) is 14.0. The first kappa shape index (κ1) is 16.6. The van der Waals surface area contributed by atoms with E-state index in [0.717, 1.165) is 22.0 Å². The molecule has 0 spiro atoms. The van der Waals surface area contributed by atoms with Crippen molar-refractivity contribution in [2.45, 2.75) is 18.4 Å². The van der Waals surface area contributed by atoms with E-state index in [0.29, 0.717) is 11.6 Å². The second-order valence-corrected chi connectivity index (χ2v) is 6.30. The van der Waals surface area contributed by atoms with Crippen molar-refractivity contribution >= 4 is 35.1 Å². The maximum absolute atomic E-state index is 12.3. The molecule has 0 radical (unpaired) electrons. The SMILES string of the molecule is CCSc1ccc(Cl)cc1NC(=O)N(C)Cc1cnccn1. The number of rotatable bonds is 5. The highest BCUT2D eigenvalue weighted by atomic mass is 35.5. The van der Waals surface area contributed by atoms with Crippen LogP contribution in [0.3, 0.4) is 0 Å². The van der Waals surface area contributed by atoms with E-state index in [1.807, 2.05) is 12.1 Å². The van der Waals surface area contributed by atoms with Crippen molar-refractivity contribution < 1.29 is 4.79 Å². The number of urea groups is 1. The molecule has 0 aliphatic rings. The van der Waals surface area contributed by atoms with Crippen LogP contribution in [0.2, 0.25) is 5.02 Å². The summed E-state index contributed by atoms with van der Waals surface area (Å²) in [5.41, 5.74) is 1.45. The third kappa shape index (κ3) is 4.61. The topological polar surface area (TPSA) is 58.1 Å². The van der Waals surface area contributed by atoms with Crippen LogP contribution in [-0.4, -0.2) is 33.7 Å². The molecule has 22 heavy (non-hydrogen) atoms. The number of thioether (sulfide) groups is 1. The molecule has 2 aromatic rings. The molecule has 116 valence electrons. The van der Waals surface area contributed by atoms with Crippen LogP contribution in [0.15, 0.2) is 41.7 Å². The Morgan fingerprint density at radius 3 is 2.91 bits per heavy atom. The van der Waals surface area contributed by atoms with Crippen molar-refractivity contribution in [1.82, 2.24) is 14.9 Å². The molecule has 0 saturated carbocycles. The van der Waals surface area contributed by atoms with E-state index in [9.17, 15) is 4.79 Å². The van der Waals surface area contributed by atoms with Crippen LogP contribution in [-0.2, 0) is 6.54 Å². The zero-order valence-electron chi connectivity index (χ0n) is 12.4. The summed E-state index contributed by atoms with van der Waals surface area (Å²) in [6, 6.07) is 5.27. The van der Waals surface area contributed by atoms with Gasteiger partial charge in [-0.25, -0.2) is 4.79 Å². The molecule has 0 atom stereocenters. The van der Waals surface area contributed by atoms with E-state index in [-0.39, 0.29) is 6.03 Å². The standard InChI is InChI=1S/C15H17ClN4OS/c1-3-22-14-5-4-11(16)8-13(14)19-15(21)20(2)10-12-9-17-6-7-18-12/h4-9H,3,10H2,1-2H3,(H,19,21). The van der Waals surface area contributed by atoms with Crippen LogP contribution in [0, 0.1) is 0 Å². The molecule has 0 fully saturated rings. The number of nitrogens with zero attached hydrogens (tertiary/aromatic N) is 3. The van der Waals surface area contributed by atoms with Crippen molar-refractivity contribution in [3.8, 4) is 0 Å². The molecule has 1 aromatic heterocycles. The molecule has 2 amide bonds. The van der Waals surface area contributed by atoms with Crippen LogP contribution in [0.5, 0.6) is 0 Å². The van der Waals surface area contributed by atoms with Gasteiger partial charge in [-0.3, -0.25) is 9.97 Å². The number of hydrogen-bond acceptors (Lipinski definition) is 4. The molecule has 2 rings (SSSR count). The lowest BCUT2D eigenvalue weighted by Crippen LogP contribution is -2.31. The first-order valence-electron chi connectivity index (χ1n) is 6.79. The first-order chi connectivity index (χ1) is 10.6. The Labute approximate surface area is 139 Å². The molecule has 0 saturated heterocycles. The molecule has 0 bridgehead atoms. The van der Waals surface area contributed by atoms with Crippen molar-refractivity contribution in [2.75, 3.05) is 18.1 Å². The Morgan fingerprint density at radius 1 is 1.41 bits per heavy atom. The molecular formula is C15H17ClN4OS. The Kier molecular flexibility index (Phi) is 6.03. The number of benzene rings is 1. The minimum Gasteiger partial charge on any atom is -0.322 e. The highest BCUT2D eigenvalue weighted by Gasteiger charge is 2.13. The quantitative estimate of drug-likeness (QED) is 0.841. The number of carbonyl (C=O) groups is 1. The van der Waals surface area contributed by atoms with E-state index >= 15 is 0 Å². The molecule has 1 N–H and O–H groups in total. The summed E-state index contributed by atoms with van der Waals surface area (Å²) < 4.78 is 0. The zero-order chi connectivity index (χ0) is 15.9. The minimum absolute atomic E-state index is 0.217. The van der Waals surface area contributed by atoms with E-state index in [4.69, 9.17) is 11.6 Å². The predicted molar refractivity (Wildman–Crippen MR) is 90.4 cm³/mol. The van der Waals surface area contributed by atoms with Gasteiger partial charge in [0.2, 0.25) is 0 Å². The monoisotopic (exact) mass is 336 g/mol. The van der Waals surface area contributed by atoms with Gasteiger partial charge in [0.1, 0.15) is 0 Å². The van der Waals surface area contributed by atoms with Gasteiger partial charge in [0.15, 0.2) is 0 Å². The van der Waals surface area contributed by atoms with Gasteiger partial charge in [-0.1, -0.05) is 18.5 Å². The third-order valence-corrected chi connectivity index (χ3v) is 4.04. The van der Waals surface area contributed by atoms with Crippen LogP contribution in [0.1, 0.15) is 12.6 Å². The Bertz CT molecular complexity index is 639. The second kappa shape index (κ2) is 8.00. The summed E-state index contributed by atoms with van der Waals surface area (Å²) in [4.78, 5) is 23.0. The smallest absolute Gasteiger partial charge is 0.321 e. The summed E-state index contributed by atoms with van der Waals surface area (Å²) in [6.45, 7) is 2.45. The maximum Gasteiger partial charge on any atom is 0.321 e.